The zero-order chi connectivity index (χ0) is 13.5. The molecule has 0 aliphatic carbocycles. The normalized spacial score (nSPS) is 12.8. The third kappa shape index (κ3) is 5.40. The van der Waals surface area contributed by atoms with Gasteiger partial charge in [0, 0.05) is 16.6 Å². The highest BCUT2D eigenvalue weighted by Gasteiger charge is 2.08. The highest BCUT2D eigenvalue weighted by Crippen LogP contribution is 2.24. The molecule has 3 heteroatoms. The van der Waals surface area contributed by atoms with Crippen molar-refractivity contribution < 1.29 is 4.74 Å². The SMILES string of the molecule is CCC(C)Oc1ccc(Br)cc1CNCC(C)C. The predicted octanol–water partition coefficient (Wildman–Crippen LogP) is 4.37. The van der Waals surface area contributed by atoms with Gasteiger partial charge in [0.05, 0.1) is 6.10 Å². The lowest BCUT2D eigenvalue weighted by molar-refractivity contribution is 0.215. The first kappa shape index (κ1) is 15.5. The molecule has 0 aliphatic rings. The minimum Gasteiger partial charge on any atom is -0.490 e. The molecule has 0 radical (unpaired) electrons. The van der Waals surface area contributed by atoms with Crippen LogP contribution in [0.1, 0.15) is 39.7 Å². The van der Waals surface area contributed by atoms with Gasteiger partial charge in [-0.3, -0.25) is 0 Å². The van der Waals surface area contributed by atoms with Crippen molar-refractivity contribution in [3.05, 3.63) is 28.2 Å². The summed E-state index contributed by atoms with van der Waals surface area (Å²) in [5.74, 6) is 1.65. The van der Waals surface area contributed by atoms with E-state index in [1.807, 2.05) is 12.1 Å². The van der Waals surface area contributed by atoms with Gasteiger partial charge in [-0.05, 0) is 44.0 Å². The molecular weight excluding hydrogens is 290 g/mol. The fourth-order valence-electron chi connectivity index (χ4n) is 1.60. The highest BCUT2D eigenvalue weighted by molar-refractivity contribution is 9.10. The number of halogens is 1. The summed E-state index contributed by atoms with van der Waals surface area (Å²) in [6, 6.07) is 6.21. The van der Waals surface area contributed by atoms with Gasteiger partial charge < -0.3 is 10.1 Å². The fourth-order valence-corrected chi connectivity index (χ4v) is 2.01. The first-order valence-corrected chi connectivity index (χ1v) is 7.48. The molecule has 0 heterocycles. The Morgan fingerprint density at radius 3 is 2.61 bits per heavy atom. The van der Waals surface area contributed by atoms with Crippen LogP contribution in [-0.2, 0) is 6.54 Å². The zero-order valence-electron chi connectivity index (χ0n) is 11.8. The van der Waals surface area contributed by atoms with E-state index in [-0.39, 0.29) is 6.10 Å². The van der Waals surface area contributed by atoms with Crippen molar-refractivity contribution in [2.45, 2.75) is 46.8 Å². The Hall–Kier alpha value is -0.540. The van der Waals surface area contributed by atoms with E-state index in [2.05, 4.69) is 55.0 Å². The average molecular weight is 314 g/mol. The van der Waals surface area contributed by atoms with Gasteiger partial charge in [-0.2, -0.15) is 0 Å². The van der Waals surface area contributed by atoms with Crippen LogP contribution in [-0.4, -0.2) is 12.6 Å². The lowest BCUT2D eigenvalue weighted by Gasteiger charge is -2.17. The van der Waals surface area contributed by atoms with Gasteiger partial charge in [0.15, 0.2) is 0 Å². The topological polar surface area (TPSA) is 21.3 Å². The maximum Gasteiger partial charge on any atom is 0.124 e. The van der Waals surface area contributed by atoms with Gasteiger partial charge >= 0.3 is 0 Å². The van der Waals surface area contributed by atoms with E-state index >= 15 is 0 Å². The van der Waals surface area contributed by atoms with Crippen LogP contribution < -0.4 is 10.1 Å². The van der Waals surface area contributed by atoms with Gasteiger partial charge in [-0.1, -0.05) is 36.7 Å². The first-order chi connectivity index (χ1) is 8.52. The molecule has 1 rings (SSSR count). The lowest BCUT2D eigenvalue weighted by Crippen LogP contribution is -2.20. The second-order valence-corrected chi connectivity index (χ2v) is 6.03. The Kier molecular flexibility index (Phi) is 6.72. The minimum atomic E-state index is 0.259. The monoisotopic (exact) mass is 313 g/mol. The summed E-state index contributed by atoms with van der Waals surface area (Å²) in [6.45, 7) is 10.5. The largest absolute Gasteiger partial charge is 0.490 e. The van der Waals surface area contributed by atoms with E-state index in [4.69, 9.17) is 4.74 Å². The number of nitrogens with one attached hydrogen (secondary N) is 1. The first-order valence-electron chi connectivity index (χ1n) is 6.68. The van der Waals surface area contributed by atoms with Gasteiger partial charge in [0.25, 0.3) is 0 Å². The van der Waals surface area contributed by atoms with Crippen LogP contribution in [0.15, 0.2) is 22.7 Å². The molecule has 2 nitrogen and oxygen atoms in total. The van der Waals surface area contributed by atoms with Gasteiger partial charge in [-0.15, -0.1) is 0 Å². The number of hydrogen-bond acceptors (Lipinski definition) is 2. The minimum absolute atomic E-state index is 0.259. The summed E-state index contributed by atoms with van der Waals surface area (Å²) in [7, 11) is 0. The molecule has 0 bridgehead atoms. The molecule has 0 amide bonds. The highest BCUT2D eigenvalue weighted by atomic mass is 79.9. The quantitative estimate of drug-likeness (QED) is 0.807. The molecule has 102 valence electrons. The van der Waals surface area contributed by atoms with Gasteiger partial charge in [0.1, 0.15) is 5.75 Å². The molecule has 0 aromatic heterocycles. The fraction of sp³-hybridized carbons (Fsp3) is 0.600. The summed E-state index contributed by atoms with van der Waals surface area (Å²) in [6.07, 6.45) is 1.28. The van der Waals surface area contributed by atoms with Crippen molar-refractivity contribution in [2.24, 2.45) is 5.92 Å². The zero-order valence-corrected chi connectivity index (χ0v) is 13.4. The second kappa shape index (κ2) is 7.80. The van der Waals surface area contributed by atoms with Crippen molar-refractivity contribution in [1.82, 2.24) is 5.32 Å². The van der Waals surface area contributed by atoms with Crippen LogP contribution in [0, 0.1) is 5.92 Å². The summed E-state index contributed by atoms with van der Waals surface area (Å²) >= 11 is 3.52. The van der Waals surface area contributed by atoms with Crippen LogP contribution in [0.3, 0.4) is 0 Å². The number of benzene rings is 1. The Bertz CT molecular complexity index is 366. The van der Waals surface area contributed by atoms with E-state index < -0.39 is 0 Å². The second-order valence-electron chi connectivity index (χ2n) is 5.11. The summed E-state index contributed by atoms with van der Waals surface area (Å²) in [5.41, 5.74) is 1.21. The molecule has 1 atom stereocenters. The van der Waals surface area contributed by atoms with Crippen molar-refractivity contribution in [3.8, 4) is 5.75 Å². The van der Waals surface area contributed by atoms with Crippen LogP contribution in [0.4, 0.5) is 0 Å². The molecule has 0 fully saturated rings. The van der Waals surface area contributed by atoms with E-state index in [1.165, 1.54) is 5.56 Å². The van der Waals surface area contributed by atoms with E-state index in [1.54, 1.807) is 0 Å². The van der Waals surface area contributed by atoms with Crippen molar-refractivity contribution in [2.75, 3.05) is 6.54 Å². The number of ether oxygens (including phenoxy) is 1. The average Bonchev–Trinajstić information content (AvgIpc) is 2.31. The molecule has 0 spiro atoms. The Labute approximate surface area is 119 Å². The Morgan fingerprint density at radius 2 is 2.00 bits per heavy atom. The molecule has 0 saturated carbocycles. The van der Waals surface area contributed by atoms with Crippen molar-refractivity contribution in [1.29, 1.82) is 0 Å². The Morgan fingerprint density at radius 1 is 1.28 bits per heavy atom. The van der Waals surface area contributed by atoms with E-state index in [0.29, 0.717) is 5.92 Å². The molecule has 1 aromatic carbocycles. The van der Waals surface area contributed by atoms with Gasteiger partial charge in [0.2, 0.25) is 0 Å². The number of rotatable bonds is 7. The smallest absolute Gasteiger partial charge is 0.124 e. The molecule has 1 N–H and O–H groups in total. The number of hydrogen-bond donors (Lipinski definition) is 1. The van der Waals surface area contributed by atoms with Crippen molar-refractivity contribution in [3.63, 3.8) is 0 Å². The van der Waals surface area contributed by atoms with Crippen LogP contribution in [0.5, 0.6) is 5.75 Å². The van der Waals surface area contributed by atoms with Crippen LogP contribution in [0.25, 0.3) is 0 Å². The maximum absolute atomic E-state index is 5.95. The summed E-state index contributed by atoms with van der Waals surface area (Å²) < 4.78 is 7.04. The van der Waals surface area contributed by atoms with Gasteiger partial charge in [-0.25, -0.2) is 0 Å². The molecule has 18 heavy (non-hydrogen) atoms. The van der Waals surface area contributed by atoms with Crippen LogP contribution in [0.2, 0.25) is 0 Å². The van der Waals surface area contributed by atoms with E-state index in [0.717, 1.165) is 29.7 Å². The third-order valence-electron chi connectivity index (χ3n) is 2.79. The molecule has 1 unspecified atom stereocenters. The molecule has 0 saturated heterocycles. The molecule has 0 aliphatic heterocycles. The third-order valence-corrected chi connectivity index (χ3v) is 3.29. The summed E-state index contributed by atoms with van der Waals surface area (Å²) in [4.78, 5) is 0. The van der Waals surface area contributed by atoms with Crippen molar-refractivity contribution >= 4 is 15.9 Å². The summed E-state index contributed by atoms with van der Waals surface area (Å²) in [5, 5.41) is 3.46. The standard InChI is InChI=1S/C15H24BrNO/c1-5-12(4)18-15-7-6-14(16)8-13(15)10-17-9-11(2)3/h6-8,11-12,17H,5,9-10H2,1-4H3. The maximum atomic E-state index is 5.95. The molecular formula is C15H24BrNO. The van der Waals surface area contributed by atoms with Crippen LogP contribution >= 0.6 is 15.9 Å². The van der Waals surface area contributed by atoms with E-state index in [9.17, 15) is 0 Å². The Balaban J connectivity index is 2.70. The predicted molar refractivity (Wildman–Crippen MR) is 81.1 cm³/mol. The molecule has 1 aromatic rings. The lowest BCUT2D eigenvalue weighted by atomic mass is 10.1.